The normalized spacial score (nSPS) is 10.5. The number of esters is 1. The van der Waals surface area contributed by atoms with Crippen LogP contribution >= 0.6 is 0 Å². The summed E-state index contributed by atoms with van der Waals surface area (Å²) in [4.78, 5) is 25.6. The van der Waals surface area contributed by atoms with Gasteiger partial charge in [-0.05, 0) is 13.0 Å². The van der Waals surface area contributed by atoms with Crippen molar-refractivity contribution < 1.29 is 23.4 Å². The fourth-order valence-corrected chi connectivity index (χ4v) is 1.87. The molecule has 9 nitrogen and oxygen atoms in total. The van der Waals surface area contributed by atoms with Crippen molar-refractivity contribution in [3.63, 3.8) is 0 Å². The Kier molecular flexibility index (Phi) is 4.06. The van der Waals surface area contributed by atoms with E-state index in [2.05, 4.69) is 10.1 Å². The average Bonchev–Trinajstić information content (AvgIpc) is 3.23. The van der Waals surface area contributed by atoms with Crippen LogP contribution in [0.5, 0.6) is 0 Å². The van der Waals surface area contributed by atoms with Crippen LogP contribution in [-0.4, -0.2) is 21.0 Å². The highest BCUT2D eigenvalue weighted by atomic mass is 16.7. The summed E-state index contributed by atoms with van der Waals surface area (Å²) < 4.78 is 14.7. The summed E-state index contributed by atoms with van der Waals surface area (Å²) in [5, 5.41) is 14.3. The van der Waals surface area contributed by atoms with E-state index in [0.717, 1.165) is 23.3 Å². The lowest BCUT2D eigenvalue weighted by Gasteiger charge is -1.97. The predicted molar refractivity (Wildman–Crippen MR) is 79.0 cm³/mol. The molecule has 0 bridgehead atoms. The molecule has 2 aromatic heterocycles. The van der Waals surface area contributed by atoms with Crippen LogP contribution in [0, 0.1) is 17.0 Å². The topological polar surface area (TPSA) is 122 Å². The van der Waals surface area contributed by atoms with Crippen molar-refractivity contribution in [1.29, 1.82) is 0 Å². The molecular weight excluding hydrogens is 318 g/mol. The molecule has 0 aliphatic rings. The monoisotopic (exact) mass is 329 g/mol. The van der Waals surface area contributed by atoms with Gasteiger partial charge in [-0.15, -0.1) is 0 Å². The van der Waals surface area contributed by atoms with Gasteiger partial charge in [0, 0.05) is 5.56 Å². The Morgan fingerprint density at radius 3 is 2.67 bits per heavy atom. The minimum atomic E-state index is -0.863. The number of aromatic nitrogens is 2. The lowest BCUT2D eigenvalue weighted by atomic mass is 10.1. The Morgan fingerprint density at radius 2 is 2.00 bits per heavy atom. The summed E-state index contributed by atoms with van der Waals surface area (Å²) in [6.45, 7) is 1.69. The lowest BCUT2D eigenvalue weighted by molar-refractivity contribution is -0.402. The quantitative estimate of drug-likeness (QED) is 0.398. The molecule has 24 heavy (non-hydrogen) atoms. The molecular formula is C15H11N3O6. The molecule has 1 aromatic carbocycles. The van der Waals surface area contributed by atoms with Gasteiger partial charge in [0.1, 0.15) is 4.92 Å². The summed E-state index contributed by atoms with van der Waals surface area (Å²) in [6, 6.07) is 9.74. The fraction of sp³-hybridized carbons (Fsp3) is 0.133. The molecule has 2 heterocycles. The summed E-state index contributed by atoms with van der Waals surface area (Å²) in [5.74, 6) is -1.21. The van der Waals surface area contributed by atoms with Gasteiger partial charge in [0.05, 0.1) is 6.07 Å². The van der Waals surface area contributed by atoms with Gasteiger partial charge < -0.3 is 13.7 Å². The van der Waals surface area contributed by atoms with Crippen molar-refractivity contribution in [3.8, 4) is 11.4 Å². The molecule has 0 aliphatic heterocycles. The van der Waals surface area contributed by atoms with Crippen LogP contribution in [-0.2, 0) is 11.3 Å². The molecule has 9 heteroatoms. The van der Waals surface area contributed by atoms with Crippen LogP contribution in [0.15, 0.2) is 45.3 Å². The first-order chi connectivity index (χ1) is 11.5. The highest BCUT2D eigenvalue weighted by Gasteiger charge is 2.19. The SMILES string of the molecule is Cc1ccc(-c2noc(COC(=O)c3ccc([N+](=O)[O-])o3)n2)cc1. The fourth-order valence-electron chi connectivity index (χ4n) is 1.87. The molecule has 0 radical (unpaired) electrons. The number of rotatable bonds is 5. The van der Waals surface area contributed by atoms with Gasteiger partial charge in [-0.1, -0.05) is 35.0 Å². The molecule has 122 valence electrons. The second-order valence-corrected chi connectivity index (χ2v) is 4.85. The average molecular weight is 329 g/mol. The number of furan rings is 1. The summed E-state index contributed by atoms with van der Waals surface area (Å²) in [6.07, 6.45) is 0. The van der Waals surface area contributed by atoms with Crippen molar-refractivity contribution in [1.82, 2.24) is 10.1 Å². The van der Waals surface area contributed by atoms with Crippen LogP contribution in [0.1, 0.15) is 22.0 Å². The Labute approximate surface area is 135 Å². The van der Waals surface area contributed by atoms with E-state index in [1.807, 2.05) is 31.2 Å². The summed E-state index contributed by atoms with van der Waals surface area (Å²) in [5.41, 5.74) is 1.87. The molecule has 0 spiro atoms. The third kappa shape index (κ3) is 3.29. The molecule has 3 rings (SSSR count). The molecule has 0 N–H and O–H groups in total. The van der Waals surface area contributed by atoms with E-state index in [1.54, 1.807) is 0 Å². The molecule has 0 atom stereocenters. The standard InChI is InChI=1S/C15H11N3O6/c1-9-2-4-10(5-3-9)14-16-12(24-17-14)8-22-15(19)11-6-7-13(23-11)18(20)21/h2-7H,8H2,1H3. The maximum Gasteiger partial charge on any atom is 0.433 e. The molecule has 3 aromatic rings. The van der Waals surface area contributed by atoms with E-state index in [0.29, 0.717) is 5.82 Å². The van der Waals surface area contributed by atoms with E-state index in [1.165, 1.54) is 0 Å². The highest BCUT2D eigenvalue weighted by molar-refractivity contribution is 5.86. The Morgan fingerprint density at radius 1 is 1.25 bits per heavy atom. The predicted octanol–water partition coefficient (Wildman–Crippen LogP) is 2.90. The first-order valence-electron chi connectivity index (χ1n) is 6.84. The van der Waals surface area contributed by atoms with Gasteiger partial charge in [0.2, 0.25) is 11.6 Å². The second-order valence-electron chi connectivity index (χ2n) is 4.85. The molecule has 0 saturated heterocycles. The zero-order chi connectivity index (χ0) is 17.1. The van der Waals surface area contributed by atoms with Crippen molar-refractivity contribution in [2.24, 2.45) is 0 Å². The number of carbonyl (C=O) groups is 1. The van der Waals surface area contributed by atoms with E-state index in [4.69, 9.17) is 13.7 Å². The van der Waals surface area contributed by atoms with E-state index in [-0.39, 0.29) is 18.3 Å². The number of hydrogen-bond donors (Lipinski definition) is 0. The van der Waals surface area contributed by atoms with Gasteiger partial charge in [-0.3, -0.25) is 10.1 Å². The van der Waals surface area contributed by atoms with Gasteiger partial charge in [-0.2, -0.15) is 4.98 Å². The Bertz CT molecular complexity index is 881. The van der Waals surface area contributed by atoms with Crippen LogP contribution < -0.4 is 0 Å². The number of aryl methyl sites for hydroxylation is 1. The Hall–Kier alpha value is -3.49. The van der Waals surface area contributed by atoms with E-state index >= 15 is 0 Å². The number of nitrogens with zero attached hydrogens (tertiary/aromatic N) is 3. The van der Waals surface area contributed by atoms with Crippen LogP contribution in [0.3, 0.4) is 0 Å². The second kappa shape index (κ2) is 6.32. The number of nitro groups is 1. The maximum atomic E-state index is 11.7. The molecule has 0 unspecified atom stereocenters. The van der Waals surface area contributed by atoms with Crippen LogP contribution in [0.2, 0.25) is 0 Å². The molecule has 0 fully saturated rings. The van der Waals surface area contributed by atoms with Crippen LogP contribution in [0.25, 0.3) is 11.4 Å². The van der Waals surface area contributed by atoms with Gasteiger partial charge in [0.25, 0.3) is 5.89 Å². The van der Waals surface area contributed by atoms with E-state index in [9.17, 15) is 14.9 Å². The highest BCUT2D eigenvalue weighted by Crippen LogP contribution is 2.18. The van der Waals surface area contributed by atoms with Crippen molar-refractivity contribution >= 4 is 11.9 Å². The minimum absolute atomic E-state index is 0.0972. The largest absolute Gasteiger partial charge is 0.450 e. The molecule has 0 amide bonds. The summed E-state index contributed by atoms with van der Waals surface area (Å²) >= 11 is 0. The minimum Gasteiger partial charge on any atom is -0.450 e. The first kappa shape index (κ1) is 15.4. The lowest BCUT2D eigenvalue weighted by Crippen LogP contribution is -2.04. The van der Waals surface area contributed by atoms with Crippen molar-refractivity contribution in [2.45, 2.75) is 13.5 Å². The third-order valence-corrected chi connectivity index (χ3v) is 3.08. The zero-order valence-corrected chi connectivity index (χ0v) is 12.5. The van der Waals surface area contributed by atoms with Gasteiger partial charge >= 0.3 is 11.9 Å². The van der Waals surface area contributed by atoms with Crippen molar-refractivity contribution in [3.05, 3.63) is 63.7 Å². The van der Waals surface area contributed by atoms with Gasteiger partial charge in [0.15, 0.2) is 6.61 Å². The maximum absolute atomic E-state index is 11.7. The number of hydrogen-bond acceptors (Lipinski definition) is 8. The zero-order valence-electron chi connectivity index (χ0n) is 12.5. The summed E-state index contributed by atoms with van der Waals surface area (Å²) in [7, 11) is 0. The Balaban J connectivity index is 1.63. The van der Waals surface area contributed by atoms with Gasteiger partial charge in [-0.25, -0.2) is 4.79 Å². The molecule has 0 aliphatic carbocycles. The number of benzene rings is 1. The number of ether oxygens (including phenoxy) is 1. The smallest absolute Gasteiger partial charge is 0.433 e. The number of carbonyl (C=O) groups excluding carboxylic acids is 1. The molecule has 0 saturated carbocycles. The van der Waals surface area contributed by atoms with E-state index < -0.39 is 16.8 Å². The van der Waals surface area contributed by atoms with Crippen LogP contribution in [0.4, 0.5) is 5.88 Å². The third-order valence-electron chi connectivity index (χ3n) is 3.08. The first-order valence-corrected chi connectivity index (χ1v) is 6.84. The van der Waals surface area contributed by atoms with Crippen molar-refractivity contribution in [2.75, 3.05) is 0 Å².